The molecule has 0 fully saturated rings. The summed E-state index contributed by atoms with van der Waals surface area (Å²) in [5.41, 5.74) is -0.637. The van der Waals surface area contributed by atoms with Gasteiger partial charge in [0.1, 0.15) is 0 Å². The van der Waals surface area contributed by atoms with Crippen LogP contribution in [-0.4, -0.2) is 10.9 Å². The average molecular weight is 343 g/mol. The van der Waals surface area contributed by atoms with Crippen LogP contribution in [0.1, 0.15) is 30.4 Å². The van der Waals surface area contributed by atoms with Gasteiger partial charge in [0.15, 0.2) is 0 Å². The molecule has 3 nitrogen and oxygen atoms in total. The van der Waals surface area contributed by atoms with Gasteiger partial charge in [-0.25, -0.2) is 0 Å². The van der Waals surface area contributed by atoms with Crippen LogP contribution in [0.25, 0.3) is 0 Å². The highest BCUT2D eigenvalue weighted by Gasteiger charge is 2.34. The van der Waals surface area contributed by atoms with Gasteiger partial charge in [0.05, 0.1) is 23.4 Å². The average Bonchev–Trinajstić information content (AvgIpc) is 2.47. The monoisotopic (exact) mass is 342 g/mol. The van der Waals surface area contributed by atoms with Gasteiger partial charge in [0.2, 0.25) is 5.91 Å². The molecule has 0 spiro atoms. The van der Waals surface area contributed by atoms with Crippen LogP contribution in [0.4, 0.5) is 18.9 Å². The molecule has 2 aromatic rings. The fourth-order valence-corrected chi connectivity index (χ4v) is 2.46. The maximum atomic E-state index is 13.0. The predicted molar refractivity (Wildman–Crippen MR) is 82.4 cm³/mol. The van der Waals surface area contributed by atoms with E-state index in [2.05, 4.69) is 10.3 Å². The number of alkyl halides is 3. The molecule has 1 atom stereocenters. The Balaban J connectivity index is 2.28. The molecule has 0 aliphatic rings. The van der Waals surface area contributed by atoms with Crippen molar-refractivity contribution >= 4 is 23.2 Å². The SMILES string of the molecule is CCC(C(=O)Nc1cnccc1C(F)(F)F)c1cccc(Cl)c1. The zero-order valence-electron chi connectivity index (χ0n) is 12.2. The van der Waals surface area contributed by atoms with Crippen LogP contribution in [0.5, 0.6) is 0 Å². The summed E-state index contributed by atoms with van der Waals surface area (Å²) in [6.45, 7) is 1.78. The van der Waals surface area contributed by atoms with Crippen molar-refractivity contribution in [1.82, 2.24) is 4.98 Å². The van der Waals surface area contributed by atoms with Crippen molar-refractivity contribution in [3.05, 3.63) is 58.9 Å². The van der Waals surface area contributed by atoms with Gasteiger partial charge in [-0.1, -0.05) is 30.7 Å². The summed E-state index contributed by atoms with van der Waals surface area (Å²) >= 11 is 5.91. The first-order valence-electron chi connectivity index (χ1n) is 6.90. The van der Waals surface area contributed by atoms with E-state index in [1.165, 1.54) is 0 Å². The van der Waals surface area contributed by atoms with Gasteiger partial charge in [-0.15, -0.1) is 0 Å². The van der Waals surface area contributed by atoms with Gasteiger partial charge in [-0.05, 0) is 30.2 Å². The minimum Gasteiger partial charge on any atom is -0.324 e. The smallest absolute Gasteiger partial charge is 0.324 e. The maximum absolute atomic E-state index is 13.0. The zero-order valence-corrected chi connectivity index (χ0v) is 12.9. The Morgan fingerprint density at radius 3 is 2.70 bits per heavy atom. The van der Waals surface area contributed by atoms with E-state index < -0.39 is 23.6 Å². The Labute approximate surface area is 136 Å². The number of hydrogen-bond donors (Lipinski definition) is 1. The summed E-state index contributed by atoms with van der Waals surface area (Å²) in [5.74, 6) is -1.14. The quantitative estimate of drug-likeness (QED) is 0.859. The second-order valence-corrected chi connectivity index (χ2v) is 5.36. The van der Waals surface area contributed by atoms with E-state index in [4.69, 9.17) is 11.6 Å². The van der Waals surface area contributed by atoms with E-state index >= 15 is 0 Å². The first-order chi connectivity index (χ1) is 10.8. The van der Waals surface area contributed by atoms with E-state index in [-0.39, 0.29) is 5.69 Å². The van der Waals surface area contributed by atoms with Crippen molar-refractivity contribution in [3.8, 4) is 0 Å². The first-order valence-corrected chi connectivity index (χ1v) is 7.28. The van der Waals surface area contributed by atoms with Crippen molar-refractivity contribution in [2.45, 2.75) is 25.4 Å². The minimum atomic E-state index is -4.57. The van der Waals surface area contributed by atoms with Crippen LogP contribution in [0.15, 0.2) is 42.7 Å². The second kappa shape index (κ2) is 7.00. The molecule has 0 saturated carbocycles. The lowest BCUT2D eigenvalue weighted by molar-refractivity contribution is -0.137. The number of hydrogen-bond acceptors (Lipinski definition) is 2. The number of rotatable bonds is 4. The molecule has 7 heteroatoms. The fraction of sp³-hybridized carbons (Fsp3) is 0.250. The van der Waals surface area contributed by atoms with Crippen molar-refractivity contribution in [2.24, 2.45) is 0 Å². The summed E-state index contributed by atoms with van der Waals surface area (Å²) < 4.78 is 38.9. The van der Waals surface area contributed by atoms with Crippen LogP contribution in [-0.2, 0) is 11.0 Å². The van der Waals surface area contributed by atoms with Crippen LogP contribution in [0.2, 0.25) is 5.02 Å². The largest absolute Gasteiger partial charge is 0.418 e. The molecule has 23 heavy (non-hydrogen) atoms. The molecule has 0 bridgehead atoms. The standard InChI is InChI=1S/C16H14ClF3N2O/c1-2-12(10-4-3-5-11(17)8-10)15(23)22-14-9-21-7-6-13(14)16(18,19)20/h3-9,12H,2H2,1H3,(H,22,23). The summed E-state index contributed by atoms with van der Waals surface area (Å²) in [5, 5.41) is 2.79. The van der Waals surface area contributed by atoms with Gasteiger partial charge in [0, 0.05) is 11.2 Å². The summed E-state index contributed by atoms with van der Waals surface area (Å²) in [7, 11) is 0. The third-order valence-corrected chi connectivity index (χ3v) is 3.60. The minimum absolute atomic E-state index is 0.356. The number of nitrogens with zero attached hydrogens (tertiary/aromatic N) is 1. The molecular weight excluding hydrogens is 329 g/mol. The molecule has 122 valence electrons. The fourth-order valence-electron chi connectivity index (χ4n) is 2.26. The van der Waals surface area contributed by atoms with Crippen molar-refractivity contribution < 1.29 is 18.0 Å². The van der Waals surface area contributed by atoms with Crippen LogP contribution >= 0.6 is 11.6 Å². The van der Waals surface area contributed by atoms with E-state index in [0.717, 1.165) is 18.5 Å². The number of benzene rings is 1. The molecule has 1 N–H and O–H groups in total. The number of anilines is 1. The zero-order chi connectivity index (χ0) is 17.0. The third-order valence-electron chi connectivity index (χ3n) is 3.36. The molecule has 1 aromatic carbocycles. The van der Waals surface area contributed by atoms with Crippen molar-refractivity contribution in [3.63, 3.8) is 0 Å². The number of nitrogens with one attached hydrogen (secondary N) is 1. The van der Waals surface area contributed by atoms with Gasteiger partial charge in [-0.3, -0.25) is 9.78 Å². The van der Waals surface area contributed by atoms with E-state index in [0.29, 0.717) is 17.0 Å². The Hall–Kier alpha value is -2.08. The lowest BCUT2D eigenvalue weighted by Gasteiger charge is -2.18. The van der Waals surface area contributed by atoms with E-state index in [1.54, 1.807) is 31.2 Å². The van der Waals surface area contributed by atoms with Crippen LogP contribution in [0, 0.1) is 0 Å². The topological polar surface area (TPSA) is 42.0 Å². The highest BCUT2D eigenvalue weighted by atomic mass is 35.5. The molecule has 1 amide bonds. The van der Waals surface area contributed by atoms with Crippen LogP contribution in [0.3, 0.4) is 0 Å². The lowest BCUT2D eigenvalue weighted by atomic mass is 9.95. The van der Waals surface area contributed by atoms with Crippen molar-refractivity contribution in [1.29, 1.82) is 0 Å². The summed E-state index contributed by atoms with van der Waals surface area (Å²) in [6.07, 6.45) is -2.12. The number of carbonyl (C=O) groups is 1. The molecule has 2 rings (SSSR count). The van der Waals surface area contributed by atoms with E-state index in [9.17, 15) is 18.0 Å². The first kappa shape index (κ1) is 17.3. The Morgan fingerprint density at radius 1 is 1.35 bits per heavy atom. The molecule has 1 heterocycles. The molecule has 0 aliphatic heterocycles. The molecule has 1 aromatic heterocycles. The Kier molecular flexibility index (Phi) is 5.26. The summed E-state index contributed by atoms with van der Waals surface area (Å²) in [4.78, 5) is 16.0. The maximum Gasteiger partial charge on any atom is 0.418 e. The predicted octanol–water partition coefficient (Wildman–Crippen LogP) is 4.89. The summed E-state index contributed by atoms with van der Waals surface area (Å²) in [6, 6.07) is 7.53. The van der Waals surface area contributed by atoms with Gasteiger partial charge in [-0.2, -0.15) is 13.2 Å². The number of pyridine rings is 1. The van der Waals surface area contributed by atoms with Gasteiger partial charge >= 0.3 is 6.18 Å². The normalized spacial score (nSPS) is 12.7. The number of aromatic nitrogens is 1. The van der Waals surface area contributed by atoms with E-state index in [1.807, 2.05) is 0 Å². The molecule has 0 saturated heterocycles. The second-order valence-electron chi connectivity index (χ2n) is 4.92. The number of carbonyl (C=O) groups excluding carboxylic acids is 1. The molecule has 0 radical (unpaired) electrons. The van der Waals surface area contributed by atoms with Crippen molar-refractivity contribution in [2.75, 3.05) is 5.32 Å². The van der Waals surface area contributed by atoms with Gasteiger partial charge in [0.25, 0.3) is 0 Å². The van der Waals surface area contributed by atoms with Crippen LogP contribution < -0.4 is 5.32 Å². The van der Waals surface area contributed by atoms with Gasteiger partial charge < -0.3 is 5.32 Å². The highest BCUT2D eigenvalue weighted by molar-refractivity contribution is 6.30. The Morgan fingerprint density at radius 2 is 2.09 bits per heavy atom. The number of halogens is 4. The molecule has 0 aliphatic carbocycles. The lowest BCUT2D eigenvalue weighted by Crippen LogP contribution is -2.23. The highest BCUT2D eigenvalue weighted by Crippen LogP contribution is 2.34. The third kappa shape index (κ3) is 4.22. The molecular formula is C16H14ClF3N2O. The number of amides is 1. The Bertz CT molecular complexity index is 704. The molecule has 1 unspecified atom stereocenters.